The largest absolute Gasteiger partial charge is 0.345 e. The predicted octanol–water partition coefficient (Wildman–Crippen LogP) is 1.85. The summed E-state index contributed by atoms with van der Waals surface area (Å²) in [5.41, 5.74) is 1.66. The molecule has 1 aromatic heterocycles. The first kappa shape index (κ1) is 21.6. The molecule has 0 radical (unpaired) electrons. The fourth-order valence-corrected chi connectivity index (χ4v) is 6.14. The van der Waals surface area contributed by atoms with E-state index in [1.165, 1.54) is 32.1 Å². The molecule has 32 heavy (non-hydrogen) atoms. The van der Waals surface area contributed by atoms with E-state index in [4.69, 9.17) is 4.98 Å². The van der Waals surface area contributed by atoms with Gasteiger partial charge in [-0.2, -0.15) is 0 Å². The highest BCUT2D eigenvalue weighted by molar-refractivity contribution is 5.89. The molecule has 1 saturated carbocycles. The van der Waals surface area contributed by atoms with Crippen molar-refractivity contribution in [3.8, 4) is 0 Å². The fraction of sp³-hybridized carbons (Fsp3) is 0.750. The van der Waals surface area contributed by atoms with Gasteiger partial charge in [-0.15, -0.1) is 0 Å². The van der Waals surface area contributed by atoms with Crippen molar-refractivity contribution >= 4 is 11.8 Å². The summed E-state index contributed by atoms with van der Waals surface area (Å²) in [5, 5.41) is 0. The molecule has 1 N–H and O–H groups in total. The van der Waals surface area contributed by atoms with Crippen LogP contribution in [0.25, 0.3) is 0 Å². The average molecular weight is 442 g/mol. The molecule has 8 nitrogen and oxygen atoms in total. The van der Waals surface area contributed by atoms with Gasteiger partial charge in [0.05, 0.1) is 17.7 Å². The van der Waals surface area contributed by atoms with Crippen molar-refractivity contribution in [3.05, 3.63) is 27.4 Å². The SMILES string of the molecule is CN1C[C@H](C(=O)N2CCC[C@H]2c2nc3c(c(=O)[nH]2)CCN(CC2CCCCC2)C3)CC1=O. The number of likely N-dealkylation sites (tertiary alicyclic amines) is 2. The zero-order chi connectivity index (χ0) is 22.2. The second-order valence-corrected chi connectivity index (χ2v) is 10.2. The summed E-state index contributed by atoms with van der Waals surface area (Å²) in [6, 6.07) is -0.199. The normalized spacial score (nSPS) is 27.2. The number of nitrogens with zero attached hydrogens (tertiary/aromatic N) is 4. The molecule has 1 aliphatic carbocycles. The van der Waals surface area contributed by atoms with Crippen LogP contribution in [0, 0.1) is 11.8 Å². The number of carbonyl (C=O) groups is 2. The number of carbonyl (C=O) groups excluding carboxylic acids is 2. The van der Waals surface area contributed by atoms with Crippen LogP contribution in [0.1, 0.15) is 74.5 Å². The van der Waals surface area contributed by atoms with Gasteiger partial charge in [-0.3, -0.25) is 19.3 Å². The molecule has 2 saturated heterocycles. The Morgan fingerprint density at radius 1 is 1.09 bits per heavy atom. The Morgan fingerprint density at radius 2 is 1.91 bits per heavy atom. The van der Waals surface area contributed by atoms with E-state index in [1.807, 2.05) is 4.90 Å². The molecular formula is C24H35N5O3. The van der Waals surface area contributed by atoms with E-state index in [0.29, 0.717) is 18.9 Å². The highest BCUT2D eigenvalue weighted by atomic mass is 16.2. The van der Waals surface area contributed by atoms with Gasteiger partial charge in [0, 0.05) is 51.8 Å². The molecule has 2 atom stereocenters. The van der Waals surface area contributed by atoms with Crippen LogP contribution in [-0.2, 0) is 22.6 Å². The van der Waals surface area contributed by atoms with E-state index < -0.39 is 0 Å². The molecule has 4 aliphatic rings. The summed E-state index contributed by atoms with van der Waals surface area (Å²) in [4.78, 5) is 51.9. The smallest absolute Gasteiger partial charge is 0.254 e. The molecule has 3 aliphatic heterocycles. The van der Waals surface area contributed by atoms with Crippen LogP contribution in [0.2, 0.25) is 0 Å². The first-order valence-corrected chi connectivity index (χ1v) is 12.4. The van der Waals surface area contributed by atoms with Gasteiger partial charge >= 0.3 is 0 Å². The molecule has 0 aromatic carbocycles. The number of hydrogen-bond donors (Lipinski definition) is 1. The van der Waals surface area contributed by atoms with Gasteiger partial charge in [-0.25, -0.2) is 4.98 Å². The second kappa shape index (κ2) is 8.96. The average Bonchev–Trinajstić information content (AvgIpc) is 3.41. The van der Waals surface area contributed by atoms with Crippen LogP contribution in [0.3, 0.4) is 0 Å². The Morgan fingerprint density at radius 3 is 2.66 bits per heavy atom. The summed E-state index contributed by atoms with van der Waals surface area (Å²) in [6.45, 7) is 3.88. The molecule has 174 valence electrons. The summed E-state index contributed by atoms with van der Waals surface area (Å²) < 4.78 is 0. The maximum atomic E-state index is 13.2. The van der Waals surface area contributed by atoms with E-state index in [2.05, 4.69) is 9.88 Å². The third-order valence-electron chi connectivity index (χ3n) is 7.95. The topological polar surface area (TPSA) is 89.6 Å². The molecule has 8 heteroatoms. The Balaban J connectivity index is 1.32. The van der Waals surface area contributed by atoms with Crippen molar-refractivity contribution < 1.29 is 9.59 Å². The van der Waals surface area contributed by atoms with E-state index in [9.17, 15) is 14.4 Å². The highest BCUT2D eigenvalue weighted by Gasteiger charge is 2.40. The van der Waals surface area contributed by atoms with E-state index in [1.54, 1.807) is 11.9 Å². The van der Waals surface area contributed by atoms with Crippen LogP contribution in [-0.4, -0.2) is 69.7 Å². The minimum atomic E-state index is -0.288. The zero-order valence-electron chi connectivity index (χ0n) is 19.1. The molecule has 4 heterocycles. The molecule has 0 spiro atoms. The van der Waals surface area contributed by atoms with Crippen LogP contribution in [0.5, 0.6) is 0 Å². The van der Waals surface area contributed by atoms with Crippen LogP contribution < -0.4 is 5.56 Å². The third kappa shape index (κ3) is 4.21. The number of hydrogen-bond acceptors (Lipinski definition) is 5. The van der Waals surface area contributed by atoms with Gasteiger partial charge in [0.1, 0.15) is 5.82 Å². The number of aromatic nitrogens is 2. The highest BCUT2D eigenvalue weighted by Crippen LogP contribution is 2.33. The van der Waals surface area contributed by atoms with Gasteiger partial charge in [0.2, 0.25) is 11.8 Å². The van der Waals surface area contributed by atoms with E-state index >= 15 is 0 Å². The van der Waals surface area contributed by atoms with Crippen molar-refractivity contribution in [2.75, 3.05) is 33.2 Å². The quantitative estimate of drug-likeness (QED) is 0.770. The monoisotopic (exact) mass is 441 g/mol. The van der Waals surface area contributed by atoms with Crippen LogP contribution in [0.15, 0.2) is 4.79 Å². The second-order valence-electron chi connectivity index (χ2n) is 10.2. The molecule has 1 aromatic rings. The number of aromatic amines is 1. The van der Waals surface area contributed by atoms with Crippen LogP contribution >= 0.6 is 0 Å². The van der Waals surface area contributed by atoms with Gasteiger partial charge < -0.3 is 14.8 Å². The number of amides is 2. The Kier molecular flexibility index (Phi) is 6.05. The Bertz CT molecular complexity index is 938. The molecule has 5 rings (SSSR count). The molecule has 0 bridgehead atoms. The van der Waals surface area contributed by atoms with Crippen molar-refractivity contribution in [3.63, 3.8) is 0 Å². The van der Waals surface area contributed by atoms with Crippen LogP contribution in [0.4, 0.5) is 0 Å². The summed E-state index contributed by atoms with van der Waals surface area (Å²) >= 11 is 0. The van der Waals surface area contributed by atoms with E-state index in [0.717, 1.165) is 56.1 Å². The number of fused-ring (bicyclic) bond motifs is 1. The molecular weight excluding hydrogens is 406 g/mol. The van der Waals surface area contributed by atoms with Crippen molar-refractivity contribution in [1.29, 1.82) is 0 Å². The first-order chi connectivity index (χ1) is 15.5. The molecule has 3 fully saturated rings. The summed E-state index contributed by atoms with van der Waals surface area (Å²) in [5.74, 6) is 1.14. The lowest BCUT2D eigenvalue weighted by Crippen LogP contribution is -2.40. The van der Waals surface area contributed by atoms with Gasteiger partial charge in [-0.05, 0) is 38.0 Å². The third-order valence-corrected chi connectivity index (χ3v) is 7.95. The maximum absolute atomic E-state index is 13.2. The zero-order valence-corrected chi connectivity index (χ0v) is 19.1. The lowest BCUT2D eigenvalue weighted by Gasteiger charge is -2.33. The van der Waals surface area contributed by atoms with E-state index in [-0.39, 0.29) is 35.8 Å². The fourth-order valence-electron chi connectivity index (χ4n) is 6.14. The minimum Gasteiger partial charge on any atom is -0.345 e. The number of nitrogens with one attached hydrogen (secondary N) is 1. The van der Waals surface area contributed by atoms with Gasteiger partial charge in [-0.1, -0.05) is 19.3 Å². The predicted molar refractivity (Wildman–Crippen MR) is 120 cm³/mol. The van der Waals surface area contributed by atoms with Crippen molar-refractivity contribution in [2.24, 2.45) is 11.8 Å². The Labute approximate surface area is 189 Å². The maximum Gasteiger partial charge on any atom is 0.254 e. The summed E-state index contributed by atoms with van der Waals surface area (Å²) in [6.07, 6.45) is 9.39. The number of rotatable bonds is 4. The van der Waals surface area contributed by atoms with Gasteiger partial charge in [0.25, 0.3) is 5.56 Å². The minimum absolute atomic E-state index is 0.0181. The van der Waals surface area contributed by atoms with Crippen molar-refractivity contribution in [2.45, 2.75) is 70.4 Å². The van der Waals surface area contributed by atoms with Crippen molar-refractivity contribution in [1.82, 2.24) is 24.7 Å². The lowest BCUT2D eigenvalue weighted by atomic mass is 9.88. The summed E-state index contributed by atoms with van der Waals surface area (Å²) in [7, 11) is 1.75. The lowest BCUT2D eigenvalue weighted by molar-refractivity contribution is -0.136. The first-order valence-electron chi connectivity index (χ1n) is 12.4. The van der Waals surface area contributed by atoms with Gasteiger partial charge in [0.15, 0.2) is 0 Å². The number of H-pyrrole nitrogens is 1. The molecule has 0 unspecified atom stereocenters. The molecule has 2 amide bonds. The Hall–Kier alpha value is -2.22. The standard InChI is InChI=1S/C24H35N5O3/c1-27-14-17(12-21(27)30)24(32)29-10-5-8-20(29)22-25-19-15-28(11-9-18(19)23(31)26-22)13-16-6-3-2-4-7-16/h16-17,20H,2-15H2,1H3,(H,25,26,31)/t17-,20+/m1/s1.